The van der Waals surface area contributed by atoms with E-state index >= 15 is 0 Å². The maximum absolute atomic E-state index is 13.4. The summed E-state index contributed by atoms with van der Waals surface area (Å²) in [7, 11) is 5.50. The molecule has 34 heavy (non-hydrogen) atoms. The van der Waals surface area contributed by atoms with Crippen molar-refractivity contribution in [1.82, 2.24) is 14.9 Å². The van der Waals surface area contributed by atoms with Gasteiger partial charge >= 0.3 is 26.3 Å². The second-order valence-corrected chi connectivity index (χ2v) is 7.00. The molecule has 0 bridgehead atoms. The minimum absolute atomic E-state index is 0. The van der Waals surface area contributed by atoms with Crippen LogP contribution in [0.15, 0.2) is 47.7 Å². The van der Waals surface area contributed by atoms with E-state index in [-0.39, 0.29) is 25.7 Å². The number of rotatable bonds is 3. The van der Waals surface area contributed by atoms with E-state index in [1.165, 1.54) is 11.1 Å². The van der Waals surface area contributed by atoms with Crippen molar-refractivity contribution in [2.24, 2.45) is 5.10 Å². The van der Waals surface area contributed by atoms with Crippen molar-refractivity contribution in [1.29, 1.82) is 0 Å². The van der Waals surface area contributed by atoms with E-state index in [1.54, 1.807) is 43.3 Å². The molecule has 0 fully saturated rings. The SMILES string of the molecule is CN(C)c1ccnc(-c2[c-]cc(F)nc2F)c1.CN1C=NN(c2[c-]cc(C(F)(F)F)cc2)[CH-]1.[Ir+3]. The Morgan fingerprint density at radius 3 is 2.32 bits per heavy atom. The van der Waals surface area contributed by atoms with E-state index in [4.69, 9.17) is 0 Å². The fraction of sp³-hybridized carbons (Fsp3) is 0.182. The van der Waals surface area contributed by atoms with Crippen LogP contribution in [0.2, 0.25) is 0 Å². The Morgan fingerprint density at radius 1 is 1.06 bits per heavy atom. The number of alkyl halides is 3. The molecule has 3 aromatic rings. The quantitative estimate of drug-likeness (QED) is 0.235. The van der Waals surface area contributed by atoms with Gasteiger partial charge in [-0.3, -0.25) is 4.98 Å². The van der Waals surface area contributed by atoms with Crippen LogP contribution in [0.4, 0.5) is 33.3 Å². The Labute approximate surface area is 207 Å². The Hall–Kier alpha value is -3.11. The van der Waals surface area contributed by atoms with Gasteiger partial charge in [-0.25, -0.2) is 8.78 Å². The largest absolute Gasteiger partial charge is 3.00 e. The zero-order chi connectivity index (χ0) is 24.2. The summed E-state index contributed by atoms with van der Waals surface area (Å²) in [5, 5.41) is 5.39. The number of pyridine rings is 2. The van der Waals surface area contributed by atoms with Crippen LogP contribution in [0.5, 0.6) is 0 Å². The molecule has 0 unspecified atom stereocenters. The first kappa shape index (κ1) is 27.1. The van der Waals surface area contributed by atoms with Crippen molar-refractivity contribution in [3.8, 4) is 11.3 Å². The van der Waals surface area contributed by atoms with E-state index in [0.29, 0.717) is 11.4 Å². The Morgan fingerprint density at radius 2 is 1.79 bits per heavy atom. The minimum atomic E-state index is -4.33. The van der Waals surface area contributed by atoms with Crippen molar-refractivity contribution in [3.05, 3.63) is 78.9 Å². The first-order valence-electron chi connectivity index (χ1n) is 9.41. The molecule has 12 heteroatoms. The fourth-order valence-electron chi connectivity index (χ4n) is 2.62. The Balaban J connectivity index is 0.000000234. The number of anilines is 2. The average molecular weight is 654 g/mol. The van der Waals surface area contributed by atoms with Gasteiger partial charge in [-0.05, 0) is 18.8 Å². The molecule has 2 aromatic heterocycles. The zero-order valence-corrected chi connectivity index (χ0v) is 20.5. The van der Waals surface area contributed by atoms with E-state index in [2.05, 4.69) is 27.2 Å². The van der Waals surface area contributed by atoms with Gasteiger partial charge in [-0.2, -0.15) is 36.5 Å². The van der Waals surface area contributed by atoms with Crippen molar-refractivity contribution in [3.63, 3.8) is 0 Å². The van der Waals surface area contributed by atoms with Crippen LogP contribution in [0.25, 0.3) is 11.3 Å². The predicted octanol–water partition coefficient (Wildman–Crippen LogP) is 4.61. The molecule has 3 heterocycles. The van der Waals surface area contributed by atoms with Crippen molar-refractivity contribution in [2.45, 2.75) is 6.18 Å². The second kappa shape index (κ2) is 11.3. The van der Waals surface area contributed by atoms with Crippen molar-refractivity contribution < 1.29 is 42.1 Å². The first-order valence-corrected chi connectivity index (χ1v) is 9.41. The molecule has 4 rings (SSSR count). The molecule has 0 atom stereocenters. The summed E-state index contributed by atoms with van der Waals surface area (Å²) in [6, 6.07) is 12.8. The minimum Gasteiger partial charge on any atom is -0.493 e. The van der Waals surface area contributed by atoms with Gasteiger partial charge in [0, 0.05) is 26.0 Å². The molecular formula is C22H18F5IrN6. The molecular weight excluding hydrogens is 635 g/mol. The number of hydrogen-bond acceptors (Lipinski definition) is 6. The van der Waals surface area contributed by atoms with Crippen LogP contribution in [-0.2, 0) is 26.3 Å². The second-order valence-electron chi connectivity index (χ2n) is 7.00. The van der Waals surface area contributed by atoms with Crippen LogP contribution >= 0.6 is 0 Å². The average Bonchev–Trinajstić information content (AvgIpc) is 3.20. The van der Waals surface area contributed by atoms with Crippen LogP contribution in [0.1, 0.15) is 5.56 Å². The van der Waals surface area contributed by atoms with E-state index in [1.807, 2.05) is 19.0 Å². The summed E-state index contributed by atoms with van der Waals surface area (Å²) in [5.74, 6) is -1.80. The normalized spacial score (nSPS) is 12.7. The number of benzene rings is 1. The maximum atomic E-state index is 13.4. The summed E-state index contributed by atoms with van der Waals surface area (Å²) in [5.41, 5.74) is 1.06. The van der Waals surface area contributed by atoms with Crippen LogP contribution in [0.3, 0.4) is 0 Å². The molecule has 0 amide bonds. The smallest absolute Gasteiger partial charge is 0.493 e. The molecule has 180 valence electrons. The van der Waals surface area contributed by atoms with Gasteiger partial charge in [0.25, 0.3) is 0 Å². The summed E-state index contributed by atoms with van der Waals surface area (Å²) in [6.45, 7) is 1.64. The summed E-state index contributed by atoms with van der Waals surface area (Å²) in [6.07, 6.45) is -1.23. The number of hydrazone groups is 1. The third-order valence-electron chi connectivity index (χ3n) is 4.28. The van der Waals surface area contributed by atoms with Gasteiger partial charge < -0.3 is 19.8 Å². The number of nitrogens with zero attached hydrogens (tertiary/aromatic N) is 6. The topological polar surface area (TPSA) is 47.9 Å². The van der Waals surface area contributed by atoms with E-state index in [0.717, 1.165) is 23.9 Å². The standard InChI is InChI=1S/C12H10F2N3.C10H8F3N3.Ir/c1-17(2)8-5-6-15-10(7-8)9-3-4-11(13)16-12(9)14;1-15-6-14-16(7-15)9-4-2-8(3-5-9)10(11,12)13;/h4-7H,1-2H3;2-4,6-7H,1H3;/q-1;-2;+3. The van der Waals surface area contributed by atoms with E-state index in [9.17, 15) is 22.0 Å². The molecule has 0 N–H and O–H groups in total. The Kier molecular flexibility index (Phi) is 9.06. The van der Waals surface area contributed by atoms with Crippen LogP contribution < -0.4 is 9.91 Å². The van der Waals surface area contributed by atoms with Gasteiger partial charge in [-0.15, -0.1) is 18.8 Å². The molecule has 6 nitrogen and oxygen atoms in total. The van der Waals surface area contributed by atoms with E-state index < -0.39 is 23.6 Å². The van der Waals surface area contributed by atoms with Crippen LogP contribution in [-0.4, -0.2) is 42.3 Å². The molecule has 0 spiro atoms. The monoisotopic (exact) mass is 654 g/mol. The number of aromatic nitrogens is 2. The maximum Gasteiger partial charge on any atom is 3.00 e. The molecule has 0 saturated carbocycles. The number of halogens is 5. The summed E-state index contributed by atoms with van der Waals surface area (Å²) < 4.78 is 62.9. The van der Waals surface area contributed by atoms with Gasteiger partial charge in [0.05, 0.1) is 6.34 Å². The van der Waals surface area contributed by atoms with Crippen molar-refractivity contribution in [2.75, 3.05) is 31.1 Å². The predicted molar refractivity (Wildman–Crippen MR) is 114 cm³/mol. The Bertz CT molecular complexity index is 1120. The van der Waals surface area contributed by atoms with Crippen molar-refractivity contribution >= 4 is 17.7 Å². The molecule has 0 aliphatic carbocycles. The molecule has 1 aliphatic rings. The van der Waals surface area contributed by atoms with Gasteiger partial charge in [0.2, 0.25) is 0 Å². The molecule has 0 saturated heterocycles. The third kappa shape index (κ3) is 6.94. The zero-order valence-electron chi connectivity index (χ0n) is 18.1. The van der Waals surface area contributed by atoms with Gasteiger partial charge in [0.1, 0.15) is 11.9 Å². The molecule has 1 aliphatic heterocycles. The summed E-state index contributed by atoms with van der Waals surface area (Å²) >= 11 is 0. The summed E-state index contributed by atoms with van der Waals surface area (Å²) in [4.78, 5) is 10.7. The van der Waals surface area contributed by atoms with Gasteiger partial charge in [-0.1, -0.05) is 28.9 Å². The fourth-order valence-corrected chi connectivity index (χ4v) is 2.62. The van der Waals surface area contributed by atoms with Gasteiger partial charge in [0.15, 0.2) is 0 Å². The first-order chi connectivity index (χ1) is 15.5. The third-order valence-corrected chi connectivity index (χ3v) is 4.28. The number of hydrogen-bond donors (Lipinski definition) is 0. The molecule has 0 radical (unpaired) electrons. The molecule has 1 aromatic carbocycles. The van der Waals surface area contributed by atoms with Crippen LogP contribution in [0, 0.1) is 30.7 Å².